The van der Waals surface area contributed by atoms with Crippen LogP contribution in [0, 0.1) is 0 Å². The van der Waals surface area contributed by atoms with Crippen LogP contribution in [0.3, 0.4) is 0 Å². The van der Waals surface area contributed by atoms with Gasteiger partial charge in [-0.05, 0) is 33.7 Å². The Kier molecular flexibility index (Phi) is 7.37. The van der Waals surface area contributed by atoms with Gasteiger partial charge in [0.1, 0.15) is 0 Å². The monoisotopic (exact) mass is 268 g/mol. The zero-order valence-corrected chi connectivity index (χ0v) is 8.93. The molecule has 4 nitrogen and oxygen atoms in total. The van der Waals surface area contributed by atoms with Crippen LogP contribution >= 0.6 is 57.1 Å². The van der Waals surface area contributed by atoms with Crippen LogP contribution in [0.5, 0.6) is 0 Å². The Balaban J connectivity index is 0. The summed E-state index contributed by atoms with van der Waals surface area (Å²) in [5.74, 6) is 0. The number of hydrogen-bond acceptors (Lipinski definition) is 2. The topological polar surface area (TPSA) is 74.6 Å². The standard InChI is InChI=1S/Cl3OP.ClH2O3P/c2*1-5(2,3)4/h;(H2,2,3,4). The molecule has 0 spiro atoms. The third-order valence-electron chi connectivity index (χ3n) is 0. The lowest BCUT2D eigenvalue weighted by atomic mass is 15.8. The fourth-order valence-corrected chi connectivity index (χ4v) is 0. The Morgan fingerprint density at radius 1 is 0.900 bits per heavy atom. The Hall–Kier alpha value is 1.54. The molecule has 0 rings (SSSR count). The number of halogens is 4. The normalized spacial score (nSPS) is 11.8. The van der Waals surface area contributed by atoms with Gasteiger partial charge in [0.2, 0.25) is 0 Å². The molecule has 10 heteroatoms. The molecule has 0 aliphatic carbocycles. The first kappa shape index (κ1) is 14.1. The fourth-order valence-electron chi connectivity index (χ4n) is 0. The van der Waals surface area contributed by atoms with Crippen LogP contribution in [-0.4, -0.2) is 9.79 Å². The molecule has 10 heavy (non-hydrogen) atoms. The molecule has 0 unspecified atom stereocenters. The minimum Gasteiger partial charge on any atom is -0.313 e. The molecule has 0 aromatic heterocycles. The molecule has 0 saturated carbocycles. The van der Waals surface area contributed by atoms with Crippen LogP contribution in [0.15, 0.2) is 0 Å². The highest BCUT2D eigenvalue weighted by atomic mass is 36.0. The van der Waals surface area contributed by atoms with Crippen molar-refractivity contribution < 1.29 is 18.9 Å². The highest BCUT2D eigenvalue weighted by Crippen LogP contribution is 2.61. The van der Waals surface area contributed by atoms with Gasteiger partial charge in [0, 0.05) is 11.2 Å². The average molecular weight is 270 g/mol. The summed E-state index contributed by atoms with van der Waals surface area (Å²) in [6.45, 7) is -4.17. The molecule has 0 aromatic rings. The van der Waals surface area contributed by atoms with E-state index in [1.165, 1.54) is 0 Å². The van der Waals surface area contributed by atoms with Gasteiger partial charge in [-0.1, -0.05) is 0 Å². The Bertz CT molecular complexity index is 128. The Labute approximate surface area is 76.1 Å². The Morgan fingerprint density at radius 2 is 0.900 bits per heavy atom. The first-order valence-electron chi connectivity index (χ1n) is 1.44. The van der Waals surface area contributed by atoms with Gasteiger partial charge in [0.15, 0.2) is 0 Å². The minimum absolute atomic E-state index is 3.22. The number of rotatable bonds is 0. The summed E-state index contributed by atoms with van der Waals surface area (Å²) < 4.78 is 18.6. The van der Waals surface area contributed by atoms with E-state index < -0.39 is 12.1 Å². The van der Waals surface area contributed by atoms with Crippen LogP contribution in [0.4, 0.5) is 0 Å². The van der Waals surface area contributed by atoms with Gasteiger partial charge in [0.25, 0.3) is 0 Å². The van der Waals surface area contributed by atoms with Crippen molar-refractivity contribution in [3.63, 3.8) is 0 Å². The zero-order valence-electron chi connectivity index (χ0n) is 4.12. The van der Waals surface area contributed by atoms with E-state index in [0.29, 0.717) is 0 Å². The van der Waals surface area contributed by atoms with E-state index in [0.717, 1.165) is 0 Å². The lowest BCUT2D eigenvalue weighted by Gasteiger charge is -1.80. The molecule has 0 aromatic carbocycles. The van der Waals surface area contributed by atoms with Gasteiger partial charge >= 0.3 is 12.1 Å². The molecular formula is H2Cl4O4P2. The minimum atomic E-state index is -4.17. The first-order valence-corrected chi connectivity index (χ1v) is 8.38. The molecule has 0 bridgehead atoms. The molecule has 0 fully saturated rings. The largest absolute Gasteiger partial charge is 0.419 e. The molecule has 0 radical (unpaired) electrons. The van der Waals surface area contributed by atoms with E-state index in [-0.39, 0.29) is 0 Å². The van der Waals surface area contributed by atoms with Gasteiger partial charge in [0.05, 0.1) is 0 Å². The number of hydrogen-bond donors (Lipinski definition) is 2. The summed E-state index contributed by atoms with van der Waals surface area (Å²) in [5.41, 5.74) is 0. The quantitative estimate of drug-likeness (QED) is 0.663. The predicted octanol–water partition coefficient (Wildman–Crippen LogP) is 3.13. The van der Waals surface area contributed by atoms with Crippen molar-refractivity contribution in [1.82, 2.24) is 0 Å². The van der Waals surface area contributed by atoms with Gasteiger partial charge in [-0.3, -0.25) is 4.57 Å². The zero-order chi connectivity index (χ0) is 9.00. The van der Waals surface area contributed by atoms with Crippen molar-refractivity contribution >= 4 is 57.1 Å². The van der Waals surface area contributed by atoms with Crippen LogP contribution in [0.25, 0.3) is 0 Å². The second-order valence-electron chi connectivity index (χ2n) is 0.872. The maximum absolute atomic E-state index is 9.51. The second-order valence-corrected chi connectivity index (χ2v) is 9.78. The Morgan fingerprint density at radius 3 is 0.900 bits per heavy atom. The van der Waals surface area contributed by atoms with Crippen molar-refractivity contribution in [2.24, 2.45) is 0 Å². The van der Waals surface area contributed by atoms with Gasteiger partial charge in [-0.2, -0.15) is 0 Å². The molecule has 0 atom stereocenters. The first-order chi connectivity index (χ1) is 4.00. The van der Waals surface area contributed by atoms with Crippen molar-refractivity contribution in [2.75, 3.05) is 0 Å². The van der Waals surface area contributed by atoms with Crippen LogP contribution in [0.1, 0.15) is 0 Å². The molecule has 0 heterocycles. The highest BCUT2D eigenvalue weighted by molar-refractivity contribution is 8.24. The molecule has 64 valence electrons. The van der Waals surface area contributed by atoms with E-state index in [1.54, 1.807) is 0 Å². The summed E-state index contributed by atoms with van der Waals surface area (Å²) >= 11 is 18.0. The summed E-state index contributed by atoms with van der Waals surface area (Å²) in [5, 5.41) is -3.22. The summed E-state index contributed by atoms with van der Waals surface area (Å²) in [6, 6.07) is 0. The smallest absolute Gasteiger partial charge is 0.313 e. The van der Waals surface area contributed by atoms with E-state index >= 15 is 0 Å². The van der Waals surface area contributed by atoms with E-state index in [1.807, 2.05) is 0 Å². The van der Waals surface area contributed by atoms with Gasteiger partial charge in [-0.15, -0.1) is 0 Å². The third kappa shape index (κ3) is 293. The lowest BCUT2D eigenvalue weighted by molar-refractivity contribution is 0.395. The SMILES string of the molecule is O=P(Cl)(Cl)Cl.O=P(O)(O)Cl. The van der Waals surface area contributed by atoms with Crippen molar-refractivity contribution in [3.05, 3.63) is 0 Å². The summed E-state index contributed by atoms with van der Waals surface area (Å²) in [6.07, 6.45) is 0. The molecule has 0 amide bonds. The van der Waals surface area contributed by atoms with Crippen molar-refractivity contribution in [3.8, 4) is 0 Å². The highest BCUT2D eigenvalue weighted by Gasteiger charge is 2.03. The molecular weight excluding hydrogens is 268 g/mol. The molecule has 0 aliphatic heterocycles. The van der Waals surface area contributed by atoms with Crippen LogP contribution < -0.4 is 0 Å². The van der Waals surface area contributed by atoms with Crippen LogP contribution in [0.2, 0.25) is 0 Å². The average Bonchev–Trinajstić information content (AvgIpc) is 1.12. The van der Waals surface area contributed by atoms with Crippen LogP contribution in [-0.2, 0) is 9.13 Å². The molecule has 0 saturated heterocycles. The lowest BCUT2D eigenvalue weighted by Crippen LogP contribution is -1.54. The fraction of sp³-hybridized carbons (Fsp3) is 0. The maximum atomic E-state index is 9.51. The van der Waals surface area contributed by atoms with Crippen molar-refractivity contribution in [1.29, 1.82) is 0 Å². The van der Waals surface area contributed by atoms with E-state index in [2.05, 4.69) is 45.0 Å². The third-order valence-corrected chi connectivity index (χ3v) is 0. The predicted molar refractivity (Wildman–Crippen MR) is 43.1 cm³/mol. The van der Waals surface area contributed by atoms with Gasteiger partial charge < -0.3 is 9.79 Å². The summed E-state index contributed by atoms with van der Waals surface area (Å²) in [4.78, 5) is 14.8. The molecule has 2 N–H and O–H groups in total. The maximum Gasteiger partial charge on any atom is 0.419 e. The van der Waals surface area contributed by atoms with E-state index in [9.17, 15) is 4.57 Å². The van der Waals surface area contributed by atoms with E-state index in [4.69, 9.17) is 14.4 Å². The van der Waals surface area contributed by atoms with Crippen molar-refractivity contribution in [2.45, 2.75) is 0 Å². The second kappa shape index (κ2) is 5.23. The molecule has 0 aliphatic rings. The van der Waals surface area contributed by atoms with Gasteiger partial charge in [-0.25, -0.2) is 4.57 Å². The summed E-state index contributed by atoms with van der Waals surface area (Å²) in [7, 11) is 0.